The lowest BCUT2D eigenvalue weighted by Gasteiger charge is -2.25. The number of nitrogens with one attached hydrogen (secondary N) is 1. The first-order valence-corrected chi connectivity index (χ1v) is 9.39. The van der Waals surface area contributed by atoms with Crippen molar-refractivity contribution in [3.05, 3.63) is 15.9 Å². The molecule has 1 N–H and O–H groups in total. The Morgan fingerprint density at radius 1 is 1.44 bits per heavy atom. The van der Waals surface area contributed by atoms with Gasteiger partial charge >= 0.3 is 0 Å². The first-order chi connectivity index (χ1) is 8.47. The first-order valence-electron chi connectivity index (χ1n) is 5.86. The molecular weight excluding hydrogens is 358 g/mol. The van der Waals surface area contributed by atoms with Crippen LogP contribution in [0.25, 0.3) is 0 Å². The first kappa shape index (κ1) is 14.8. The number of halogens is 2. The van der Waals surface area contributed by atoms with Crippen LogP contribution in [0.5, 0.6) is 0 Å². The average molecular weight is 373 g/mol. The number of rotatable bonds is 4. The number of hydrogen-bond donors (Lipinski definition) is 1. The highest BCUT2D eigenvalue weighted by molar-refractivity contribution is 9.11. The summed E-state index contributed by atoms with van der Waals surface area (Å²) in [5.74, 6) is 0.361. The Kier molecular flexibility index (Phi) is 5.11. The van der Waals surface area contributed by atoms with Gasteiger partial charge in [-0.1, -0.05) is 6.42 Å². The summed E-state index contributed by atoms with van der Waals surface area (Å²) in [6.07, 6.45) is 4.09. The Hall–Kier alpha value is 0.380. The van der Waals surface area contributed by atoms with Gasteiger partial charge < -0.3 is 0 Å². The molecule has 0 radical (unpaired) electrons. The fourth-order valence-electron chi connectivity index (χ4n) is 2.15. The second-order valence-electron chi connectivity index (χ2n) is 4.54. The summed E-state index contributed by atoms with van der Waals surface area (Å²) >= 11 is 10.6. The molecular formula is C11H15BrClNO2S2. The van der Waals surface area contributed by atoms with E-state index in [1.807, 2.05) is 0 Å². The van der Waals surface area contributed by atoms with E-state index in [1.54, 1.807) is 12.1 Å². The molecule has 18 heavy (non-hydrogen) atoms. The lowest BCUT2D eigenvalue weighted by Crippen LogP contribution is -2.31. The average Bonchev–Trinajstić information content (AvgIpc) is 2.74. The molecule has 1 aliphatic carbocycles. The van der Waals surface area contributed by atoms with Gasteiger partial charge in [0.05, 0.1) is 3.79 Å². The molecule has 2 rings (SSSR count). The molecule has 1 saturated carbocycles. The van der Waals surface area contributed by atoms with Crippen molar-refractivity contribution in [2.45, 2.75) is 35.3 Å². The molecule has 0 aromatic carbocycles. The van der Waals surface area contributed by atoms with Crippen LogP contribution in [-0.4, -0.2) is 20.3 Å². The molecule has 0 amide bonds. The van der Waals surface area contributed by atoms with Crippen LogP contribution in [0.3, 0.4) is 0 Å². The summed E-state index contributed by atoms with van der Waals surface area (Å²) in [4.78, 5) is 0. The zero-order valence-electron chi connectivity index (χ0n) is 9.73. The topological polar surface area (TPSA) is 46.2 Å². The van der Waals surface area contributed by atoms with Gasteiger partial charge in [0.15, 0.2) is 0 Å². The minimum absolute atomic E-state index is 0.198. The second kappa shape index (κ2) is 6.22. The van der Waals surface area contributed by atoms with Gasteiger partial charge in [0.1, 0.15) is 4.21 Å². The second-order valence-corrected chi connectivity index (χ2v) is 9.61. The van der Waals surface area contributed by atoms with Gasteiger partial charge in [-0.05, 0) is 53.2 Å². The van der Waals surface area contributed by atoms with E-state index in [0.29, 0.717) is 16.7 Å². The highest BCUT2D eigenvalue weighted by Gasteiger charge is 2.23. The number of alkyl halides is 1. The standard InChI is InChI=1S/C11H15BrClNO2S2/c12-10-4-5-11(17-10)18(15,16)14-7-8-2-1-3-9(13)6-8/h4-5,8-9,14H,1-3,6-7H2. The molecule has 1 heterocycles. The van der Waals surface area contributed by atoms with Crippen molar-refractivity contribution in [3.8, 4) is 0 Å². The quantitative estimate of drug-likeness (QED) is 0.821. The van der Waals surface area contributed by atoms with E-state index in [0.717, 1.165) is 29.5 Å². The van der Waals surface area contributed by atoms with Crippen LogP contribution in [0.2, 0.25) is 0 Å². The maximum absolute atomic E-state index is 12.0. The lowest BCUT2D eigenvalue weighted by molar-refractivity contribution is 0.362. The molecule has 1 aromatic heterocycles. The van der Waals surface area contributed by atoms with Crippen LogP contribution >= 0.6 is 38.9 Å². The van der Waals surface area contributed by atoms with E-state index in [1.165, 1.54) is 11.3 Å². The van der Waals surface area contributed by atoms with Crippen molar-refractivity contribution in [1.82, 2.24) is 4.72 Å². The summed E-state index contributed by atoms with van der Waals surface area (Å²) in [6.45, 7) is 0.487. The maximum Gasteiger partial charge on any atom is 0.250 e. The van der Waals surface area contributed by atoms with Crippen LogP contribution in [-0.2, 0) is 10.0 Å². The van der Waals surface area contributed by atoms with Crippen molar-refractivity contribution < 1.29 is 8.42 Å². The summed E-state index contributed by atoms with van der Waals surface area (Å²) in [6, 6.07) is 3.36. The SMILES string of the molecule is O=S(=O)(NCC1CCCC(Cl)C1)c1ccc(Br)s1. The highest BCUT2D eigenvalue weighted by Crippen LogP contribution is 2.29. The molecule has 3 nitrogen and oxygen atoms in total. The van der Waals surface area contributed by atoms with Crippen molar-refractivity contribution >= 4 is 48.9 Å². The highest BCUT2D eigenvalue weighted by atomic mass is 79.9. The smallest absolute Gasteiger partial charge is 0.210 e. The molecule has 0 bridgehead atoms. The third-order valence-corrected chi connectivity index (χ3v) is 7.03. The fraction of sp³-hybridized carbons (Fsp3) is 0.636. The fourth-order valence-corrected chi connectivity index (χ4v) is 5.73. The molecule has 7 heteroatoms. The summed E-state index contributed by atoms with van der Waals surface area (Å²) < 4.78 is 27.9. The van der Waals surface area contributed by atoms with E-state index in [4.69, 9.17) is 11.6 Å². The van der Waals surface area contributed by atoms with E-state index >= 15 is 0 Å². The van der Waals surface area contributed by atoms with Gasteiger partial charge in [0.2, 0.25) is 10.0 Å². The van der Waals surface area contributed by atoms with E-state index < -0.39 is 10.0 Å². The van der Waals surface area contributed by atoms with Crippen LogP contribution < -0.4 is 4.72 Å². The number of thiophene rings is 1. The minimum Gasteiger partial charge on any atom is -0.210 e. The molecule has 1 aliphatic rings. The van der Waals surface area contributed by atoms with Crippen LogP contribution in [0, 0.1) is 5.92 Å². The van der Waals surface area contributed by atoms with Crippen molar-refractivity contribution in [2.75, 3.05) is 6.54 Å². The van der Waals surface area contributed by atoms with Crippen LogP contribution in [0.15, 0.2) is 20.1 Å². The maximum atomic E-state index is 12.0. The molecule has 0 spiro atoms. The Labute approximate surface area is 125 Å². The van der Waals surface area contributed by atoms with Crippen LogP contribution in [0.1, 0.15) is 25.7 Å². The molecule has 1 aromatic rings. The van der Waals surface area contributed by atoms with Gasteiger partial charge in [-0.3, -0.25) is 0 Å². The monoisotopic (exact) mass is 371 g/mol. The number of sulfonamides is 1. The lowest BCUT2D eigenvalue weighted by atomic mass is 9.89. The number of hydrogen-bond acceptors (Lipinski definition) is 3. The third kappa shape index (κ3) is 3.93. The van der Waals surface area contributed by atoms with E-state index in [9.17, 15) is 8.42 Å². The molecule has 0 aliphatic heterocycles. The van der Waals surface area contributed by atoms with Gasteiger partial charge in [-0.25, -0.2) is 13.1 Å². The Morgan fingerprint density at radius 2 is 2.22 bits per heavy atom. The Morgan fingerprint density at radius 3 is 2.83 bits per heavy atom. The van der Waals surface area contributed by atoms with Gasteiger partial charge in [0, 0.05) is 11.9 Å². The van der Waals surface area contributed by atoms with Crippen molar-refractivity contribution in [2.24, 2.45) is 5.92 Å². The van der Waals surface area contributed by atoms with Crippen LogP contribution in [0.4, 0.5) is 0 Å². The van der Waals surface area contributed by atoms with Crippen molar-refractivity contribution in [3.63, 3.8) is 0 Å². The molecule has 2 atom stereocenters. The molecule has 1 fully saturated rings. The third-order valence-electron chi connectivity index (χ3n) is 3.09. The van der Waals surface area contributed by atoms with Crippen molar-refractivity contribution in [1.29, 1.82) is 0 Å². The zero-order valence-corrected chi connectivity index (χ0v) is 13.7. The normalized spacial score (nSPS) is 25.2. The summed E-state index contributed by atoms with van der Waals surface area (Å²) in [5, 5.41) is 0.198. The largest absolute Gasteiger partial charge is 0.250 e. The molecule has 102 valence electrons. The Balaban J connectivity index is 1.93. The predicted molar refractivity (Wildman–Crippen MR) is 78.8 cm³/mol. The molecule has 0 saturated heterocycles. The van der Waals surface area contributed by atoms with Gasteiger partial charge in [0.25, 0.3) is 0 Å². The predicted octanol–water partition coefficient (Wildman–Crippen LogP) is 3.59. The van der Waals surface area contributed by atoms with Gasteiger partial charge in [-0.2, -0.15) is 0 Å². The summed E-state index contributed by atoms with van der Waals surface area (Å²) in [5.41, 5.74) is 0. The van der Waals surface area contributed by atoms with E-state index in [-0.39, 0.29) is 5.38 Å². The van der Waals surface area contributed by atoms with Gasteiger partial charge in [-0.15, -0.1) is 22.9 Å². The Bertz CT molecular complexity index is 503. The summed E-state index contributed by atoms with van der Waals surface area (Å²) in [7, 11) is -3.36. The minimum atomic E-state index is -3.36. The zero-order chi connectivity index (χ0) is 13.2. The molecule has 2 unspecified atom stereocenters. The van der Waals surface area contributed by atoms with E-state index in [2.05, 4.69) is 20.7 Å².